The lowest BCUT2D eigenvalue weighted by Crippen LogP contribution is -2.40. The van der Waals surface area contributed by atoms with E-state index in [1.165, 1.54) is 19.3 Å². The number of rotatable bonds is 14. The molecule has 2 saturated carbocycles. The molecule has 2 N–H and O–H groups in total. The first-order valence-corrected chi connectivity index (χ1v) is 11.6. The first-order chi connectivity index (χ1) is 13.5. The standard InChI is InChI=1S/C24H40O4/c1-2-3-16-24(17-9-18-24)22(26)15-13-19-12-14-21(25)20(19)10-7-5-4-6-8-11-23(27)28/h13,15,19-20,22,26H,2-12,14,16-18H2,1H3,(H,27,28)/b15-13+/t19?,20-,22+/m1/s1. The van der Waals surface area contributed by atoms with Gasteiger partial charge >= 0.3 is 5.97 Å². The number of aliphatic carboxylic acids is 1. The molecule has 0 aromatic heterocycles. The molecule has 0 saturated heterocycles. The van der Waals surface area contributed by atoms with Gasteiger partial charge in [-0.25, -0.2) is 0 Å². The molecule has 0 radical (unpaired) electrons. The van der Waals surface area contributed by atoms with Crippen molar-refractivity contribution < 1.29 is 19.8 Å². The van der Waals surface area contributed by atoms with Crippen LogP contribution in [0.25, 0.3) is 0 Å². The fraction of sp³-hybridized carbons (Fsp3) is 0.833. The molecule has 4 heteroatoms. The minimum absolute atomic E-state index is 0.0978. The lowest BCUT2D eigenvalue weighted by molar-refractivity contribution is -0.137. The number of unbranched alkanes of at least 4 members (excludes halogenated alkanes) is 5. The molecule has 2 aliphatic rings. The zero-order valence-corrected chi connectivity index (χ0v) is 17.7. The third kappa shape index (κ3) is 6.72. The zero-order valence-electron chi connectivity index (χ0n) is 17.7. The van der Waals surface area contributed by atoms with Crippen molar-refractivity contribution in [1.82, 2.24) is 0 Å². The number of hydrogen-bond donors (Lipinski definition) is 2. The van der Waals surface area contributed by atoms with Crippen LogP contribution in [0.5, 0.6) is 0 Å². The van der Waals surface area contributed by atoms with E-state index < -0.39 is 5.97 Å². The largest absolute Gasteiger partial charge is 0.481 e. The fourth-order valence-corrected chi connectivity index (χ4v) is 5.02. The van der Waals surface area contributed by atoms with Gasteiger partial charge in [0.15, 0.2) is 0 Å². The third-order valence-electron chi connectivity index (χ3n) is 7.11. The van der Waals surface area contributed by atoms with Crippen LogP contribution >= 0.6 is 0 Å². The molecule has 2 fully saturated rings. The van der Waals surface area contributed by atoms with Crippen molar-refractivity contribution in [3.05, 3.63) is 12.2 Å². The van der Waals surface area contributed by atoms with Crippen molar-refractivity contribution in [2.24, 2.45) is 17.3 Å². The van der Waals surface area contributed by atoms with E-state index in [0.29, 0.717) is 12.2 Å². The first kappa shape index (κ1) is 23.1. The molecule has 0 bridgehead atoms. The number of aliphatic hydroxyl groups excluding tert-OH is 1. The second-order valence-corrected chi connectivity index (χ2v) is 9.12. The minimum Gasteiger partial charge on any atom is -0.481 e. The predicted octanol–water partition coefficient (Wildman–Crippen LogP) is 5.67. The maximum absolute atomic E-state index is 12.3. The summed E-state index contributed by atoms with van der Waals surface area (Å²) in [5.41, 5.74) is 0.0978. The quantitative estimate of drug-likeness (QED) is 0.295. The Morgan fingerprint density at radius 2 is 1.89 bits per heavy atom. The van der Waals surface area contributed by atoms with Crippen molar-refractivity contribution in [2.75, 3.05) is 0 Å². The molecule has 3 atom stereocenters. The normalized spacial score (nSPS) is 25.1. The molecule has 4 nitrogen and oxygen atoms in total. The molecule has 28 heavy (non-hydrogen) atoms. The van der Waals surface area contributed by atoms with Gasteiger partial charge < -0.3 is 10.2 Å². The van der Waals surface area contributed by atoms with Crippen LogP contribution in [0.4, 0.5) is 0 Å². The molecule has 0 spiro atoms. The lowest BCUT2D eigenvalue weighted by atomic mass is 9.62. The molecule has 0 aromatic carbocycles. The smallest absolute Gasteiger partial charge is 0.303 e. The number of carboxylic acids is 1. The third-order valence-corrected chi connectivity index (χ3v) is 7.11. The van der Waals surface area contributed by atoms with Crippen molar-refractivity contribution in [1.29, 1.82) is 0 Å². The van der Waals surface area contributed by atoms with E-state index >= 15 is 0 Å². The zero-order chi connectivity index (χ0) is 20.4. The average molecular weight is 393 g/mol. The molecule has 0 aromatic rings. The summed E-state index contributed by atoms with van der Waals surface area (Å²) in [6, 6.07) is 0. The highest BCUT2D eigenvalue weighted by molar-refractivity contribution is 5.83. The summed E-state index contributed by atoms with van der Waals surface area (Å²) in [6.07, 6.45) is 18.4. The Balaban J connectivity index is 1.74. The number of allylic oxidation sites excluding steroid dienone is 1. The lowest BCUT2D eigenvalue weighted by Gasteiger charge is -2.45. The van der Waals surface area contributed by atoms with Crippen molar-refractivity contribution in [3.8, 4) is 0 Å². The Hall–Kier alpha value is -1.16. The van der Waals surface area contributed by atoms with E-state index in [4.69, 9.17) is 5.11 Å². The summed E-state index contributed by atoms with van der Waals surface area (Å²) in [4.78, 5) is 22.8. The van der Waals surface area contributed by atoms with E-state index in [-0.39, 0.29) is 29.8 Å². The maximum atomic E-state index is 12.3. The molecule has 160 valence electrons. The Morgan fingerprint density at radius 3 is 2.54 bits per heavy atom. The molecule has 2 rings (SSSR count). The van der Waals surface area contributed by atoms with Crippen molar-refractivity contribution >= 4 is 11.8 Å². The van der Waals surface area contributed by atoms with E-state index in [1.807, 2.05) is 6.08 Å². The van der Waals surface area contributed by atoms with Gasteiger partial charge in [0.2, 0.25) is 0 Å². The van der Waals surface area contributed by atoms with Gasteiger partial charge in [-0.15, -0.1) is 0 Å². The molecule has 1 unspecified atom stereocenters. The van der Waals surface area contributed by atoms with E-state index in [9.17, 15) is 14.7 Å². The van der Waals surface area contributed by atoms with Gasteiger partial charge in [0.05, 0.1) is 6.10 Å². The second-order valence-electron chi connectivity index (χ2n) is 9.12. The van der Waals surface area contributed by atoms with Crippen LogP contribution in [0.3, 0.4) is 0 Å². The van der Waals surface area contributed by atoms with E-state index in [0.717, 1.165) is 64.2 Å². The number of aliphatic hydroxyl groups is 1. The Labute approximate surface area is 170 Å². The summed E-state index contributed by atoms with van der Waals surface area (Å²) < 4.78 is 0. The summed E-state index contributed by atoms with van der Waals surface area (Å²) in [5, 5.41) is 19.4. The van der Waals surface area contributed by atoms with Gasteiger partial charge in [-0.3, -0.25) is 9.59 Å². The molecular formula is C24H40O4. The average Bonchev–Trinajstić information content (AvgIpc) is 2.98. The van der Waals surface area contributed by atoms with Crippen molar-refractivity contribution in [3.63, 3.8) is 0 Å². The monoisotopic (exact) mass is 392 g/mol. The number of ketones is 1. The second kappa shape index (κ2) is 11.7. The van der Waals surface area contributed by atoms with Gasteiger partial charge in [0, 0.05) is 18.8 Å². The predicted molar refractivity (Wildman–Crippen MR) is 112 cm³/mol. The van der Waals surface area contributed by atoms with Crippen LogP contribution in [0, 0.1) is 17.3 Å². The van der Waals surface area contributed by atoms with E-state index in [1.54, 1.807) is 0 Å². The van der Waals surface area contributed by atoms with Crippen LogP contribution in [0.1, 0.15) is 103 Å². The first-order valence-electron chi connectivity index (χ1n) is 11.6. The summed E-state index contributed by atoms with van der Waals surface area (Å²) in [7, 11) is 0. The summed E-state index contributed by atoms with van der Waals surface area (Å²) in [6.45, 7) is 2.20. The van der Waals surface area contributed by atoms with Gasteiger partial charge in [0.25, 0.3) is 0 Å². The van der Waals surface area contributed by atoms with Crippen LogP contribution in [-0.2, 0) is 9.59 Å². The SMILES string of the molecule is CCCCC1([C@@H](O)/C=C/C2CCC(=O)[C@@H]2CCCCCCCC(=O)O)CCC1. The maximum Gasteiger partial charge on any atom is 0.303 e. The van der Waals surface area contributed by atoms with Gasteiger partial charge in [-0.05, 0) is 49.9 Å². The molecule has 0 amide bonds. The molecule has 0 heterocycles. The molecular weight excluding hydrogens is 352 g/mol. The van der Waals surface area contributed by atoms with Crippen LogP contribution in [0.2, 0.25) is 0 Å². The van der Waals surface area contributed by atoms with Crippen molar-refractivity contribution in [2.45, 2.75) is 109 Å². The van der Waals surface area contributed by atoms with E-state index in [2.05, 4.69) is 13.0 Å². The van der Waals surface area contributed by atoms with Gasteiger partial charge in [-0.1, -0.05) is 64.0 Å². The fourth-order valence-electron chi connectivity index (χ4n) is 5.02. The summed E-state index contributed by atoms with van der Waals surface area (Å²) >= 11 is 0. The minimum atomic E-state index is -0.716. The number of carbonyl (C=O) groups excluding carboxylic acids is 1. The number of carbonyl (C=O) groups is 2. The number of carboxylic acid groups (broad SMARTS) is 1. The highest BCUT2D eigenvalue weighted by Crippen LogP contribution is 2.48. The number of Topliss-reactive ketones (excluding diaryl/α,β-unsaturated/α-hetero) is 1. The Bertz CT molecular complexity index is 521. The molecule has 0 aliphatic heterocycles. The summed E-state index contributed by atoms with van der Waals surface area (Å²) in [5.74, 6) is 0.0824. The molecule has 2 aliphatic carbocycles. The Morgan fingerprint density at radius 1 is 1.18 bits per heavy atom. The number of hydrogen-bond acceptors (Lipinski definition) is 3. The van der Waals surface area contributed by atoms with Gasteiger partial charge in [-0.2, -0.15) is 0 Å². The van der Waals surface area contributed by atoms with Gasteiger partial charge in [0.1, 0.15) is 5.78 Å². The van der Waals surface area contributed by atoms with Crippen LogP contribution in [-0.4, -0.2) is 28.1 Å². The Kier molecular flexibility index (Phi) is 9.70. The highest BCUT2D eigenvalue weighted by Gasteiger charge is 2.42. The van der Waals surface area contributed by atoms with Crippen LogP contribution in [0.15, 0.2) is 12.2 Å². The van der Waals surface area contributed by atoms with Crippen LogP contribution < -0.4 is 0 Å². The highest BCUT2D eigenvalue weighted by atomic mass is 16.4. The topological polar surface area (TPSA) is 74.6 Å².